The maximum atomic E-state index is 14.5. The number of piperidine rings is 1. The fraction of sp³-hybridized carbons (Fsp3) is 0.545. The fourth-order valence-electron chi connectivity index (χ4n) is 6.67. The van der Waals surface area contributed by atoms with E-state index in [0.29, 0.717) is 12.0 Å². The van der Waals surface area contributed by atoms with Crippen molar-refractivity contribution in [2.75, 3.05) is 18.0 Å². The fourth-order valence-corrected chi connectivity index (χ4v) is 6.67. The van der Waals surface area contributed by atoms with Gasteiger partial charge in [-0.05, 0) is 86.6 Å². The van der Waals surface area contributed by atoms with E-state index in [1.54, 1.807) is 4.90 Å². The van der Waals surface area contributed by atoms with Crippen LogP contribution in [0.1, 0.15) is 69.7 Å². The zero-order chi connectivity index (χ0) is 29.3. The van der Waals surface area contributed by atoms with E-state index in [9.17, 15) is 19.5 Å². The molecule has 5 rings (SSSR count). The number of fused-ring (bicyclic) bond motifs is 1. The first kappa shape index (κ1) is 29.1. The van der Waals surface area contributed by atoms with Crippen LogP contribution in [0.15, 0.2) is 48.5 Å². The summed E-state index contributed by atoms with van der Waals surface area (Å²) in [5, 5.41) is 16.0. The van der Waals surface area contributed by atoms with Gasteiger partial charge in [-0.3, -0.25) is 14.4 Å². The van der Waals surface area contributed by atoms with E-state index in [4.69, 9.17) is 0 Å². The first-order valence-corrected chi connectivity index (χ1v) is 15.1. The highest BCUT2D eigenvalue weighted by Gasteiger charge is 2.49. The number of hydrogen-bond donors (Lipinski definition) is 3. The Morgan fingerprint density at radius 2 is 1.59 bits per heavy atom. The van der Waals surface area contributed by atoms with Crippen molar-refractivity contribution in [1.29, 1.82) is 0 Å². The van der Waals surface area contributed by atoms with Crippen LogP contribution in [-0.4, -0.2) is 65.0 Å². The molecule has 2 aromatic carbocycles. The highest BCUT2D eigenvalue weighted by Crippen LogP contribution is 2.36. The molecule has 2 aromatic rings. The van der Waals surface area contributed by atoms with E-state index in [1.165, 1.54) is 11.1 Å². The second kappa shape index (κ2) is 12.2. The van der Waals surface area contributed by atoms with Crippen molar-refractivity contribution < 1.29 is 19.5 Å². The molecule has 2 aliphatic heterocycles. The Bertz CT molecular complexity index is 1230. The molecule has 2 fully saturated rings. The van der Waals surface area contributed by atoms with Gasteiger partial charge in [-0.2, -0.15) is 0 Å². The second-order valence-electron chi connectivity index (χ2n) is 12.7. The summed E-state index contributed by atoms with van der Waals surface area (Å²) in [6, 6.07) is 13.5. The lowest BCUT2D eigenvalue weighted by Gasteiger charge is -2.45. The summed E-state index contributed by atoms with van der Waals surface area (Å²) in [6.45, 7) is 9.40. The third-order valence-corrected chi connectivity index (χ3v) is 8.70. The van der Waals surface area contributed by atoms with E-state index in [1.807, 2.05) is 64.1 Å². The third-order valence-electron chi connectivity index (χ3n) is 8.70. The number of nitrogens with zero attached hydrogens (tertiary/aromatic N) is 2. The van der Waals surface area contributed by atoms with Crippen molar-refractivity contribution in [2.45, 2.75) is 90.1 Å². The molecular weight excluding hydrogens is 516 g/mol. The van der Waals surface area contributed by atoms with E-state index in [0.717, 1.165) is 44.5 Å². The number of anilines is 1. The van der Waals surface area contributed by atoms with Crippen LogP contribution in [0.25, 0.3) is 0 Å². The monoisotopic (exact) mass is 560 g/mol. The number of aliphatic hydroxyl groups excluding tert-OH is 1. The smallest absolute Gasteiger partial charge is 0.247 e. The van der Waals surface area contributed by atoms with Gasteiger partial charge in [0.1, 0.15) is 18.1 Å². The molecule has 3 atom stereocenters. The Balaban J connectivity index is 1.49. The molecule has 3 amide bonds. The molecule has 2 saturated heterocycles. The van der Waals surface area contributed by atoms with Crippen molar-refractivity contribution in [1.82, 2.24) is 15.5 Å². The van der Waals surface area contributed by atoms with Crippen molar-refractivity contribution >= 4 is 23.4 Å². The topological polar surface area (TPSA) is 102 Å². The lowest BCUT2D eigenvalue weighted by molar-refractivity contribution is -0.158. The first-order valence-electron chi connectivity index (χ1n) is 15.1. The van der Waals surface area contributed by atoms with Gasteiger partial charge in [0.25, 0.3) is 0 Å². The molecule has 0 bridgehead atoms. The minimum absolute atomic E-state index is 0.0583. The Labute approximate surface area is 243 Å². The number of hydrogen-bond acceptors (Lipinski definition) is 5. The van der Waals surface area contributed by atoms with Crippen LogP contribution in [0.5, 0.6) is 0 Å². The minimum atomic E-state index is -0.928. The third kappa shape index (κ3) is 6.27. The molecule has 0 unspecified atom stereocenters. The molecule has 3 aliphatic rings. The van der Waals surface area contributed by atoms with Gasteiger partial charge in [0, 0.05) is 24.8 Å². The lowest BCUT2D eigenvalue weighted by atomic mass is 9.88. The number of nitrogens with one attached hydrogen (secondary N) is 2. The lowest BCUT2D eigenvalue weighted by Crippen LogP contribution is -2.67. The molecule has 8 heteroatoms. The maximum absolute atomic E-state index is 14.5. The van der Waals surface area contributed by atoms with Crippen LogP contribution in [0.4, 0.5) is 5.69 Å². The molecule has 0 spiro atoms. The normalized spacial score (nSPS) is 22.7. The van der Waals surface area contributed by atoms with E-state index < -0.39 is 18.1 Å². The molecule has 41 heavy (non-hydrogen) atoms. The standard InChI is InChI=1S/C33H44N4O4/c1-20(2)17-28-31(39)35-29(25-18-23-7-5-6-8-24(23)19-25)33(41)37(28)30(32(40)34-21(3)4)22-9-11-26(12-10-22)36-15-13-27(38)14-16-36/h5-12,20-21,25,27-30,38H,13-19H2,1-4H3,(H,34,40)(H,35,39)/t28-,29-,30-/m1/s1. The Morgan fingerprint density at radius 3 is 2.15 bits per heavy atom. The van der Waals surface area contributed by atoms with Crippen LogP contribution in [0, 0.1) is 11.8 Å². The molecule has 0 radical (unpaired) electrons. The van der Waals surface area contributed by atoms with Crippen LogP contribution in [0.2, 0.25) is 0 Å². The molecule has 0 saturated carbocycles. The molecule has 220 valence electrons. The molecule has 2 heterocycles. The van der Waals surface area contributed by atoms with Gasteiger partial charge in [0.2, 0.25) is 17.7 Å². The summed E-state index contributed by atoms with van der Waals surface area (Å²) in [5.74, 6) is -0.564. The molecular formula is C33H44N4O4. The largest absolute Gasteiger partial charge is 0.393 e. The zero-order valence-electron chi connectivity index (χ0n) is 24.7. The Hall–Kier alpha value is -3.39. The van der Waals surface area contributed by atoms with Gasteiger partial charge >= 0.3 is 0 Å². The number of carbonyl (C=O) groups excluding carboxylic acids is 3. The van der Waals surface area contributed by atoms with Gasteiger partial charge < -0.3 is 25.5 Å². The highest BCUT2D eigenvalue weighted by molar-refractivity contribution is 6.00. The van der Waals surface area contributed by atoms with E-state index >= 15 is 0 Å². The second-order valence-corrected chi connectivity index (χ2v) is 12.7. The quantitative estimate of drug-likeness (QED) is 0.460. The summed E-state index contributed by atoms with van der Waals surface area (Å²) >= 11 is 0. The minimum Gasteiger partial charge on any atom is -0.393 e. The first-order chi connectivity index (χ1) is 19.6. The molecule has 1 aliphatic carbocycles. The van der Waals surface area contributed by atoms with Crippen molar-refractivity contribution in [3.05, 3.63) is 65.2 Å². The van der Waals surface area contributed by atoms with Crippen LogP contribution < -0.4 is 15.5 Å². The van der Waals surface area contributed by atoms with E-state index in [2.05, 4.69) is 27.7 Å². The molecule has 8 nitrogen and oxygen atoms in total. The number of aliphatic hydroxyl groups is 1. The van der Waals surface area contributed by atoms with Crippen molar-refractivity contribution in [3.63, 3.8) is 0 Å². The summed E-state index contributed by atoms with van der Waals surface area (Å²) in [7, 11) is 0. The summed E-state index contributed by atoms with van der Waals surface area (Å²) < 4.78 is 0. The Morgan fingerprint density at radius 1 is 0.976 bits per heavy atom. The predicted molar refractivity (Wildman–Crippen MR) is 159 cm³/mol. The molecule has 3 N–H and O–H groups in total. The number of amides is 3. The summed E-state index contributed by atoms with van der Waals surface area (Å²) in [4.78, 5) is 45.9. The summed E-state index contributed by atoms with van der Waals surface area (Å²) in [5.41, 5.74) is 4.14. The van der Waals surface area contributed by atoms with Crippen LogP contribution in [-0.2, 0) is 27.2 Å². The SMILES string of the molecule is CC(C)C[C@@H]1C(=O)N[C@H](C2Cc3ccccc3C2)C(=O)N1[C@@H](C(=O)NC(C)C)c1ccc(N2CCC(O)CC2)cc1. The average molecular weight is 561 g/mol. The predicted octanol–water partition coefficient (Wildman–Crippen LogP) is 3.37. The number of benzene rings is 2. The number of carbonyl (C=O) groups is 3. The number of piperazine rings is 1. The van der Waals surface area contributed by atoms with Gasteiger partial charge in [-0.25, -0.2) is 0 Å². The maximum Gasteiger partial charge on any atom is 0.247 e. The van der Waals surface area contributed by atoms with Crippen LogP contribution in [0.3, 0.4) is 0 Å². The van der Waals surface area contributed by atoms with Crippen molar-refractivity contribution in [2.24, 2.45) is 11.8 Å². The van der Waals surface area contributed by atoms with E-state index in [-0.39, 0.29) is 41.7 Å². The highest BCUT2D eigenvalue weighted by atomic mass is 16.3. The van der Waals surface area contributed by atoms with Gasteiger partial charge in [0.05, 0.1) is 6.10 Å². The van der Waals surface area contributed by atoms with Crippen molar-refractivity contribution in [3.8, 4) is 0 Å². The van der Waals surface area contributed by atoms with Gasteiger partial charge in [-0.1, -0.05) is 50.2 Å². The number of rotatable bonds is 8. The summed E-state index contributed by atoms with van der Waals surface area (Å²) in [6.07, 6.45) is 3.10. The van der Waals surface area contributed by atoms with Gasteiger partial charge in [0.15, 0.2) is 0 Å². The average Bonchev–Trinajstić information content (AvgIpc) is 3.36. The molecule has 0 aromatic heterocycles. The Kier molecular flexibility index (Phi) is 8.68. The van der Waals surface area contributed by atoms with Crippen LogP contribution >= 0.6 is 0 Å². The van der Waals surface area contributed by atoms with Gasteiger partial charge in [-0.15, -0.1) is 0 Å². The zero-order valence-corrected chi connectivity index (χ0v) is 24.7.